The Balaban J connectivity index is 2.04. The van der Waals surface area contributed by atoms with Gasteiger partial charge in [-0.05, 0) is 17.7 Å². The first-order valence-electron chi connectivity index (χ1n) is 6.05. The summed E-state index contributed by atoms with van der Waals surface area (Å²) >= 11 is 0. The van der Waals surface area contributed by atoms with Crippen molar-refractivity contribution in [2.45, 2.75) is 6.42 Å². The Bertz CT molecular complexity index is 731. The first-order valence-corrected chi connectivity index (χ1v) is 6.05. The van der Waals surface area contributed by atoms with E-state index < -0.39 is 0 Å². The number of aromatic nitrogens is 2. The van der Waals surface area contributed by atoms with Crippen LogP contribution in [0.25, 0.3) is 22.4 Å². The number of nitrogens with two attached hydrogens (primary N) is 1. The molecule has 1 heterocycles. The fourth-order valence-corrected chi connectivity index (χ4v) is 2.10. The minimum Gasteiger partial charge on any atom is -0.369 e. The summed E-state index contributed by atoms with van der Waals surface area (Å²) in [5, 5.41) is 0. The Kier molecular flexibility index (Phi) is 2.76. The normalized spacial score (nSPS) is 10.7. The van der Waals surface area contributed by atoms with Crippen LogP contribution in [0, 0.1) is 0 Å². The fourth-order valence-electron chi connectivity index (χ4n) is 2.10. The molecule has 0 bridgehead atoms. The average molecular weight is 251 g/mol. The summed E-state index contributed by atoms with van der Waals surface area (Å²) in [5.41, 5.74) is 8.93. The van der Waals surface area contributed by atoms with Gasteiger partial charge >= 0.3 is 0 Å². The van der Waals surface area contributed by atoms with E-state index in [1.807, 2.05) is 48.5 Å². The Hall–Kier alpha value is -2.62. The quantitative estimate of drug-likeness (QED) is 0.749. The molecule has 0 saturated heterocycles. The molecule has 3 N–H and O–H groups in total. The van der Waals surface area contributed by atoms with E-state index in [1.165, 1.54) is 0 Å². The fraction of sp³-hybridized carbons (Fsp3) is 0.0667. The van der Waals surface area contributed by atoms with E-state index in [4.69, 9.17) is 5.73 Å². The zero-order valence-electron chi connectivity index (χ0n) is 10.3. The molecule has 2 aromatic carbocycles. The van der Waals surface area contributed by atoms with Crippen LogP contribution in [0.2, 0.25) is 0 Å². The molecular formula is C15H13N3O. The van der Waals surface area contributed by atoms with E-state index in [0.29, 0.717) is 0 Å². The van der Waals surface area contributed by atoms with Gasteiger partial charge in [-0.2, -0.15) is 0 Å². The largest absolute Gasteiger partial charge is 0.369 e. The maximum Gasteiger partial charge on any atom is 0.221 e. The van der Waals surface area contributed by atoms with E-state index in [-0.39, 0.29) is 12.3 Å². The summed E-state index contributed by atoms with van der Waals surface area (Å²) in [6.45, 7) is 0. The van der Waals surface area contributed by atoms with Crippen LogP contribution in [-0.2, 0) is 11.2 Å². The van der Waals surface area contributed by atoms with Gasteiger partial charge in [-0.3, -0.25) is 4.79 Å². The van der Waals surface area contributed by atoms with Crippen LogP contribution in [0.3, 0.4) is 0 Å². The smallest absolute Gasteiger partial charge is 0.221 e. The van der Waals surface area contributed by atoms with Crippen LogP contribution in [-0.4, -0.2) is 15.9 Å². The highest BCUT2D eigenvalue weighted by Gasteiger charge is 2.06. The molecule has 0 atom stereocenters. The Morgan fingerprint density at radius 1 is 1.16 bits per heavy atom. The van der Waals surface area contributed by atoms with Crippen molar-refractivity contribution in [2.24, 2.45) is 5.73 Å². The van der Waals surface area contributed by atoms with Crippen molar-refractivity contribution in [3.8, 4) is 11.4 Å². The summed E-state index contributed by atoms with van der Waals surface area (Å²) in [6.07, 6.45) is 0.246. The van der Waals surface area contributed by atoms with Crippen molar-refractivity contribution in [3.63, 3.8) is 0 Å². The molecule has 1 amide bonds. The lowest BCUT2D eigenvalue weighted by Crippen LogP contribution is -2.13. The van der Waals surface area contributed by atoms with Gasteiger partial charge in [0.25, 0.3) is 0 Å². The SMILES string of the molecule is NC(=O)Cc1ccc2nc(-c3ccccc3)[nH]c2c1. The highest BCUT2D eigenvalue weighted by molar-refractivity contribution is 5.82. The van der Waals surface area contributed by atoms with E-state index in [9.17, 15) is 4.79 Å². The van der Waals surface area contributed by atoms with Crippen LogP contribution in [0.1, 0.15) is 5.56 Å². The Morgan fingerprint density at radius 2 is 1.95 bits per heavy atom. The predicted molar refractivity (Wildman–Crippen MR) is 74.4 cm³/mol. The van der Waals surface area contributed by atoms with E-state index in [1.54, 1.807) is 0 Å². The lowest BCUT2D eigenvalue weighted by atomic mass is 10.1. The first kappa shape index (κ1) is 11.5. The number of benzene rings is 2. The summed E-state index contributed by atoms with van der Waals surface area (Å²) in [7, 11) is 0. The van der Waals surface area contributed by atoms with Gasteiger partial charge in [0.15, 0.2) is 0 Å². The number of carbonyl (C=O) groups excluding carboxylic acids is 1. The molecule has 0 radical (unpaired) electrons. The molecule has 0 unspecified atom stereocenters. The number of hydrogen-bond donors (Lipinski definition) is 2. The number of H-pyrrole nitrogens is 1. The molecule has 4 nitrogen and oxygen atoms in total. The molecule has 3 rings (SSSR count). The molecular weight excluding hydrogens is 238 g/mol. The van der Waals surface area contributed by atoms with E-state index in [2.05, 4.69) is 9.97 Å². The molecule has 0 saturated carbocycles. The van der Waals surface area contributed by atoms with Gasteiger partial charge in [0.05, 0.1) is 17.5 Å². The molecule has 0 aliphatic rings. The third-order valence-electron chi connectivity index (χ3n) is 2.97. The van der Waals surface area contributed by atoms with E-state index in [0.717, 1.165) is 28.0 Å². The van der Waals surface area contributed by atoms with Gasteiger partial charge in [0, 0.05) is 5.56 Å². The summed E-state index contributed by atoms with van der Waals surface area (Å²) in [5.74, 6) is 0.494. The van der Waals surface area contributed by atoms with Gasteiger partial charge in [-0.25, -0.2) is 4.98 Å². The van der Waals surface area contributed by atoms with Crippen LogP contribution in [0.4, 0.5) is 0 Å². The van der Waals surface area contributed by atoms with Crippen molar-refractivity contribution >= 4 is 16.9 Å². The molecule has 0 aliphatic carbocycles. The minimum absolute atomic E-state index is 0.246. The topological polar surface area (TPSA) is 71.8 Å². The average Bonchev–Trinajstić information content (AvgIpc) is 2.82. The number of carbonyl (C=O) groups is 1. The maximum absolute atomic E-state index is 10.9. The molecule has 0 aliphatic heterocycles. The molecule has 0 spiro atoms. The van der Waals surface area contributed by atoms with E-state index >= 15 is 0 Å². The van der Waals surface area contributed by atoms with Crippen molar-refractivity contribution in [1.82, 2.24) is 9.97 Å². The molecule has 3 aromatic rings. The zero-order valence-corrected chi connectivity index (χ0v) is 10.3. The Labute approximate surface area is 110 Å². The number of amides is 1. The molecule has 94 valence electrons. The van der Waals surface area contributed by atoms with Crippen molar-refractivity contribution in [1.29, 1.82) is 0 Å². The number of nitrogens with zero attached hydrogens (tertiary/aromatic N) is 1. The summed E-state index contributed by atoms with van der Waals surface area (Å²) in [4.78, 5) is 18.7. The number of fused-ring (bicyclic) bond motifs is 1. The van der Waals surface area contributed by atoms with Gasteiger partial charge in [0.2, 0.25) is 5.91 Å². The van der Waals surface area contributed by atoms with Gasteiger partial charge in [-0.1, -0.05) is 36.4 Å². The van der Waals surface area contributed by atoms with Crippen LogP contribution in [0.5, 0.6) is 0 Å². The molecule has 1 aromatic heterocycles. The number of hydrogen-bond acceptors (Lipinski definition) is 2. The van der Waals surface area contributed by atoms with Crippen molar-refractivity contribution in [3.05, 3.63) is 54.1 Å². The number of aromatic amines is 1. The second-order valence-electron chi connectivity index (χ2n) is 4.45. The number of imidazole rings is 1. The second kappa shape index (κ2) is 4.57. The predicted octanol–water partition coefficient (Wildman–Crippen LogP) is 2.26. The lowest BCUT2D eigenvalue weighted by molar-refractivity contribution is -0.117. The first-order chi connectivity index (χ1) is 9.22. The standard InChI is InChI=1S/C15H13N3O/c16-14(19)9-10-6-7-12-13(8-10)18-15(17-12)11-4-2-1-3-5-11/h1-8H,9H2,(H2,16,19)(H,17,18). The highest BCUT2D eigenvalue weighted by atomic mass is 16.1. The molecule has 19 heavy (non-hydrogen) atoms. The second-order valence-corrected chi connectivity index (χ2v) is 4.45. The number of primary amides is 1. The lowest BCUT2D eigenvalue weighted by Gasteiger charge is -1.96. The third kappa shape index (κ3) is 2.33. The monoisotopic (exact) mass is 251 g/mol. The van der Waals surface area contributed by atoms with Crippen LogP contribution < -0.4 is 5.73 Å². The zero-order chi connectivity index (χ0) is 13.2. The van der Waals surface area contributed by atoms with Gasteiger partial charge in [-0.15, -0.1) is 0 Å². The molecule has 4 heteroatoms. The maximum atomic E-state index is 10.9. The molecule has 0 fully saturated rings. The third-order valence-corrected chi connectivity index (χ3v) is 2.97. The van der Waals surface area contributed by atoms with Gasteiger partial charge in [0.1, 0.15) is 5.82 Å². The van der Waals surface area contributed by atoms with Crippen molar-refractivity contribution < 1.29 is 4.79 Å². The van der Waals surface area contributed by atoms with Crippen molar-refractivity contribution in [2.75, 3.05) is 0 Å². The minimum atomic E-state index is -0.331. The Morgan fingerprint density at radius 3 is 2.68 bits per heavy atom. The van der Waals surface area contributed by atoms with Crippen LogP contribution in [0.15, 0.2) is 48.5 Å². The summed E-state index contributed by atoms with van der Waals surface area (Å²) in [6, 6.07) is 15.6. The number of nitrogens with one attached hydrogen (secondary N) is 1. The van der Waals surface area contributed by atoms with Crippen LogP contribution >= 0.6 is 0 Å². The summed E-state index contributed by atoms with van der Waals surface area (Å²) < 4.78 is 0. The van der Waals surface area contributed by atoms with Gasteiger partial charge < -0.3 is 10.7 Å². The highest BCUT2D eigenvalue weighted by Crippen LogP contribution is 2.21. The number of rotatable bonds is 3.